The summed E-state index contributed by atoms with van der Waals surface area (Å²) < 4.78 is 22.6. The summed E-state index contributed by atoms with van der Waals surface area (Å²) in [6.07, 6.45) is 3.32. The van der Waals surface area contributed by atoms with Crippen LogP contribution < -0.4 is 35.0 Å². The zero-order chi connectivity index (χ0) is 30.3. The lowest BCUT2D eigenvalue weighted by molar-refractivity contribution is -0.136. The number of carbonyl (C=O) groups excluding carboxylic acids is 3. The molecule has 0 heterocycles. The number of methoxy groups -OCH3 is 1. The van der Waals surface area contributed by atoms with E-state index in [1.54, 1.807) is 60.7 Å². The van der Waals surface area contributed by atoms with Gasteiger partial charge >= 0.3 is 11.8 Å². The number of hydrogen-bond acceptors (Lipinski definition) is 8. The minimum Gasteiger partial charge on any atom is -0.494 e. The molecule has 0 fully saturated rings. The van der Waals surface area contributed by atoms with E-state index in [0.717, 1.165) is 12.8 Å². The van der Waals surface area contributed by atoms with Crippen LogP contribution in [0.1, 0.15) is 32.3 Å². The van der Waals surface area contributed by atoms with Gasteiger partial charge in [-0.05, 0) is 95.5 Å². The number of rotatable bonds is 14. The monoisotopic (exact) mass is 640 g/mol. The first-order valence-electron chi connectivity index (χ1n) is 13.2. The molecule has 0 spiro atoms. The van der Waals surface area contributed by atoms with E-state index in [4.69, 9.17) is 18.9 Å². The summed E-state index contributed by atoms with van der Waals surface area (Å²) in [5.74, 6) is -0.164. The predicted octanol–water partition coefficient (Wildman–Crippen LogP) is 5.14. The fourth-order valence-electron chi connectivity index (χ4n) is 3.46. The standard InChI is InChI=1S/C30H33BrN4O7/c1-4-6-15-41-24-13-9-22(10-14-24)34-29(37)30(38)35-32-18-20-16-25(31)28(26(17-20)39-3)42-19-27(36)33-21-7-11-23(12-8-21)40-5-2/h7-14,16-18H,4-6,15,19H2,1-3H3,(H,33,36)(H,34,37)(H,35,38)/b32-18-. The Morgan fingerprint density at radius 2 is 1.50 bits per heavy atom. The Morgan fingerprint density at radius 1 is 0.857 bits per heavy atom. The minimum atomic E-state index is -0.945. The van der Waals surface area contributed by atoms with Crippen molar-refractivity contribution in [2.75, 3.05) is 37.6 Å². The van der Waals surface area contributed by atoms with Crippen molar-refractivity contribution < 1.29 is 33.3 Å². The van der Waals surface area contributed by atoms with E-state index in [-0.39, 0.29) is 12.5 Å². The fraction of sp³-hybridized carbons (Fsp3) is 0.267. The number of hydrogen-bond donors (Lipinski definition) is 3. The Morgan fingerprint density at radius 3 is 2.12 bits per heavy atom. The Balaban J connectivity index is 1.51. The zero-order valence-corrected chi connectivity index (χ0v) is 25.2. The Labute approximate surface area is 252 Å². The van der Waals surface area contributed by atoms with Gasteiger partial charge in [0, 0.05) is 11.4 Å². The molecule has 0 aliphatic rings. The van der Waals surface area contributed by atoms with Gasteiger partial charge in [-0.1, -0.05) is 13.3 Å². The number of ether oxygens (including phenoxy) is 4. The van der Waals surface area contributed by atoms with E-state index in [9.17, 15) is 14.4 Å². The zero-order valence-electron chi connectivity index (χ0n) is 23.6. The van der Waals surface area contributed by atoms with Crippen molar-refractivity contribution in [1.82, 2.24) is 5.43 Å². The molecule has 0 unspecified atom stereocenters. The summed E-state index contributed by atoms with van der Waals surface area (Å²) in [7, 11) is 1.45. The predicted molar refractivity (Wildman–Crippen MR) is 164 cm³/mol. The number of anilines is 2. The van der Waals surface area contributed by atoms with E-state index < -0.39 is 11.8 Å². The highest BCUT2D eigenvalue weighted by Gasteiger charge is 2.15. The molecule has 3 N–H and O–H groups in total. The van der Waals surface area contributed by atoms with Gasteiger partial charge in [0.15, 0.2) is 18.1 Å². The van der Waals surface area contributed by atoms with E-state index >= 15 is 0 Å². The van der Waals surface area contributed by atoms with Gasteiger partial charge in [-0.3, -0.25) is 14.4 Å². The van der Waals surface area contributed by atoms with E-state index in [1.165, 1.54) is 13.3 Å². The van der Waals surface area contributed by atoms with Crippen LogP contribution in [0.15, 0.2) is 70.2 Å². The van der Waals surface area contributed by atoms with Gasteiger partial charge in [0.2, 0.25) is 0 Å². The summed E-state index contributed by atoms with van der Waals surface area (Å²) >= 11 is 3.41. The minimum absolute atomic E-state index is 0.268. The first-order chi connectivity index (χ1) is 20.3. The number of amides is 3. The van der Waals surface area contributed by atoms with Crippen molar-refractivity contribution >= 4 is 51.2 Å². The summed E-state index contributed by atoms with van der Waals surface area (Å²) in [5.41, 5.74) is 3.77. The van der Waals surface area contributed by atoms with Crippen molar-refractivity contribution in [3.63, 3.8) is 0 Å². The van der Waals surface area contributed by atoms with Crippen molar-refractivity contribution in [3.8, 4) is 23.0 Å². The van der Waals surface area contributed by atoms with Crippen LogP contribution in [-0.4, -0.2) is 50.9 Å². The van der Waals surface area contributed by atoms with Crippen molar-refractivity contribution in [3.05, 3.63) is 70.7 Å². The average molecular weight is 642 g/mol. The SMILES string of the molecule is CCCCOc1ccc(NC(=O)C(=O)N/N=C\c2cc(Br)c(OCC(=O)Nc3ccc(OCC)cc3)c(OC)c2)cc1. The molecule has 42 heavy (non-hydrogen) atoms. The lowest BCUT2D eigenvalue weighted by Crippen LogP contribution is -2.32. The lowest BCUT2D eigenvalue weighted by Gasteiger charge is -2.13. The highest BCUT2D eigenvalue weighted by atomic mass is 79.9. The maximum Gasteiger partial charge on any atom is 0.329 e. The van der Waals surface area contributed by atoms with Crippen LogP contribution in [0, 0.1) is 0 Å². The maximum atomic E-state index is 12.4. The molecule has 222 valence electrons. The van der Waals surface area contributed by atoms with Gasteiger partial charge in [-0.15, -0.1) is 0 Å². The average Bonchev–Trinajstić information content (AvgIpc) is 2.98. The topological polar surface area (TPSA) is 137 Å². The van der Waals surface area contributed by atoms with Crippen LogP contribution in [0.25, 0.3) is 0 Å². The molecule has 0 bridgehead atoms. The lowest BCUT2D eigenvalue weighted by atomic mass is 10.2. The normalized spacial score (nSPS) is 10.6. The van der Waals surface area contributed by atoms with E-state index in [1.807, 2.05) is 6.92 Å². The van der Waals surface area contributed by atoms with Gasteiger partial charge in [0.05, 0.1) is 31.0 Å². The molecule has 0 aliphatic carbocycles. The molecule has 3 amide bonds. The molecule has 0 saturated heterocycles. The van der Waals surface area contributed by atoms with Gasteiger partial charge < -0.3 is 29.6 Å². The van der Waals surface area contributed by atoms with Crippen LogP contribution in [-0.2, 0) is 14.4 Å². The number of nitrogens with one attached hydrogen (secondary N) is 3. The molecular weight excluding hydrogens is 608 g/mol. The van der Waals surface area contributed by atoms with Crippen LogP contribution in [0.5, 0.6) is 23.0 Å². The smallest absolute Gasteiger partial charge is 0.329 e. The maximum absolute atomic E-state index is 12.4. The van der Waals surface area contributed by atoms with Crippen LogP contribution in [0.2, 0.25) is 0 Å². The number of halogens is 1. The Bertz CT molecular complexity index is 1380. The molecule has 12 heteroatoms. The number of hydrazone groups is 1. The number of carbonyl (C=O) groups is 3. The molecule has 3 rings (SSSR count). The number of nitrogens with zero attached hydrogens (tertiary/aromatic N) is 1. The third-order valence-electron chi connectivity index (χ3n) is 5.51. The molecule has 11 nitrogen and oxygen atoms in total. The van der Waals surface area contributed by atoms with Gasteiger partial charge in [0.25, 0.3) is 5.91 Å². The summed E-state index contributed by atoms with van der Waals surface area (Å²) in [5, 5.41) is 9.10. The van der Waals surface area contributed by atoms with Crippen molar-refractivity contribution in [2.45, 2.75) is 26.7 Å². The van der Waals surface area contributed by atoms with Crippen LogP contribution >= 0.6 is 15.9 Å². The van der Waals surface area contributed by atoms with Gasteiger partial charge in [-0.25, -0.2) is 5.43 Å². The van der Waals surface area contributed by atoms with E-state index in [2.05, 4.69) is 44.0 Å². The Hall–Kier alpha value is -4.58. The first-order valence-corrected chi connectivity index (χ1v) is 14.0. The van der Waals surface area contributed by atoms with Crippen molar-refractivity contribution in [1.29, 1.82) is 0 Å². The second kappa shape index (κ2) is 16.6. The molecule has 3 aromatic carbocycles. The summed E-state index contributed by atoms with van der Waals surface area (Å²) in [6.45, 7) is 4.87. The second-order valence-electron chi connectivity index (χ2n) is 8.71. The number of unbranched alkanes of at least 4 members (excludes halogenated alkanes) is 1. The Kier molecular flexibility index (Phi) is 12.6. The largest absolute Gasteiger partial charge is 0.494 e. The molecule has 3 aromatic rings. The molecule has 0 saturated carbocycles. The highest BCUT2D eigenvalue weighted by Crippen LogP contribution is 2.36. The molecular formula is C30H33BrN4O7. The third kappa shape index (κ3) is 10.1. The first kappa shape index (κ1) is 31.9. The van der Waals surface area contributed by atoms with Crippen molar-refractivity contribution in [2.24, 2.45) is 5.10 Å². The molecule has 0 aromatic heterocycles. The highest BCUT2D eigenvalue weighted by molar-refractivity contribution is 9.10. The summed E-state index contributed by atoms with van der Waals surface area (Å²) in [4.78, 5) is 36.8. The van der Waals surface area contributed by atoms with Gasteiger partial charge in [-0.2, -0.15) is 5.10 Å². The van der Waals surface area contributed by atoms with E-state index in [0.29, 0.717) is 57.6 Å². The van der Waals surface area contributed by atoms with Crippen LogP contribution in [0.4, 0.5) is 11.4 Å². The molecule has 0 atom stereocenters. The van der Waals surface area contributed by atoms with Crippen LogP contribution in [0.3, 0.4) is 0 Å². The molecule has 0 radical (unpaired) electrons. The number of benzene rings is 3. The fourth-order valence-corrected chi connectivity index (χ4v) is 4.04. The quantitative estimate of drug-likeness (QED) is 0.0960. The second-order valence-corrected chi connectivity index (χ2v) is 9.56. The third-order valence-corrected chi connectivity index (χ3v) is 6.10. The summed E-state index contributed by atoms with van der Waals surface area (Å²) in [6, 6.07) is 17.0. The molecule has 0 aliphatic heterocycles. The van der Waals surface area contributed by atoms with Gasteiger partial charge in [0.1, 0.15) is 11.5 Å².